The Hall–Kier alpha value is -0.330. The Morgan fingerprint density at radius 3 is 2.16 bits per heavy atom. The van der Waals surface area contributed by atoms with Crippen molar-refractivity contribution in [2.75, 3.05) is 32.1 Å². The molecule has 4 N–H and O–H groups in total. The summed E-state index contributed by atoms with van der Waals surface area (Å²) in [4.78, 5) is -0.770. The van der Waals surface area contributed by atoms with Gasteiger partial charge in [-0.2, -0.15) is 16.8 Å². The van der Waals surface area contributed by atoms with Crippen molar-refractivity contribution in [1.82, 2.24) is 4.90 Å². The molecule has 0 radical (unpaired) electrons. The monoisotopic (exact) mass is 320 g/mol. The Bertz CT molecular complexity index is 515. The highest BCUT2D eigenvalue weighted by atomic mass is 32.2. The van der Waals surface area contributed by atoms with E-state index in [0.717, 1.165) is 0 Å². The van der Waals surface area contributed by atoms with Gasteiger partial charge in [-0.05, 0) is 6.42 Å². The van der Waals surface area contributed by atoms with Gasteiger partial charge in [0.05, 0.1) is 6.67 Å². The third-order valence-electron chi connectivity index (χ3n) is 3.14. The smallest absolute Gasteiger partial charge is 0.285 e. The summed E-state index contributed by atoms with van der Waals surface area (Å²) in [5.74, 6) is -2.12. The van der Waals surface area contributed by atoms with E-state index in [1.54, 1.807) is 4.90 Å². The molecule has 1 saturated heterocycles. The quantitative estimate of drug-likeness (QED) is 0.492. The molecule has 1 aliphatic heterocycles. The molecule has 1 rings (SSSR count). The normalized spacial score (nSPS) is 21.9. The summed E-state index contributed by atoms with van der Waals surface area (Å²) in [7, 11) is -9.53. The molecule has 114 valence electrons. The van der Waals surface area contributed by atoms with E-state index in [4.69, 9.17) is 14.8 Å². The van der Waals surface area contributed by atoms with Crippen molar-refractivity contribution in [3.05, 3.63) is 0 Å². The highest BCUT2D eigenvalue weighted by Gasteiger charge is 2.53. The molecule has 0 aromatic carbocycles. The SMILES string of the molecule is NC(CS(=O)(=O)O)(C1CN(CCCF)C1)S(=O)(=O)O. The first-order valence-corrected chi connectivity index (χ1v) is 8.54. The van der Waals surface area contributed by atoms with Crippen LogP contribution in [0, 0.1) is 5.92 Å². The van der Waals surface area contributed by atoms with Crippen molar-refractivity contribution in [3.8, 4) is 0 Å². The van der Waals surface area contributed by atoms with E-state index >= 15 is 0 Å². The molecule has 1 heterocycles. The highest BCUT2D eigenvalue weighted by molar-refractivity contribution is 7.90. The molecule has 0 saturated carbocycles. The minimum atomic E-state index is -4.86. The summed E-state index contributed by atoms with van der Waals surface area (Å²) >= 11 is 0. The lowest BCUT2D eigenvalue weighted by Gasteiger charge is -2.46. The number of halogens is 1. The van der Waals surface area contributed by atoms with Crippen molar-refractivity contribution < 1.29 is 30.3 Å². The zero-order valence-corrected chi connectivity index (χ0v) is 11.7. The van der Waals surface area contributed by atoms with Crippen LogP contribution in [-0.4, -0.2) is 67.8 Å². The molecule has 1 unspecified atom stereocenters. The van der Waals surface area contributed by atoms with Gasteiger partial charge >= 0.3 is 0 Å². The number of hydrogen-bond donors (Lipinski definition) is 3. The Labute approximate surface area is 111 Å². The van der Waals surface area contributed by atoms with Crippen molar-refractivity contribution in [2.45, 2.75) is 11.3 Å². The lowest BCUT2D eigenvalue weighted by Crippen LogP contribution is -2.67. The van der Waals surface area contributed by atoms with Crippen molar-refractivity contribution in [1.29, 1.82) is 0 Å². The average Bonchev–Trinajstić information content (AvgIpc) is 2.10. The van der Waals surface area contributed by atoms with Gasteiger partial charge in [0.2, 0.25) is 0 Å². The maximum Gasteiger partial charge on any atom is 0.285 e. The van der Waals surface area contributed by atoms with Crippen LogP contribution in [0.4, 0.5) is 4.39 Å². The molecule has 0 spiro atoms. The van der Waals surface area contributed by atoms with E-state index in [1.807, 2.05) is 0 Å². The standard InChI is InChI=1S/C8H17FN2O6S2/c9-2-1-3-11-4-7(5-11)8(10,19(15,16)17)6-18(12,13)14/h7H,1-6,10H2,(H,12,13,14)(H,15,16,17). The van der Waals surface area contributed by atoms with E-state index in [2.05, 4.69) is 0 Å². The molecule has 1 fully saturated rings. The molecular weight excluding hydrogens is 303 g/mol. The Morgan fingerprint density at radius 1 is 1.26 bits per heavy atom. The molecule has 19 heavy (non-hydrogen) atoms. The van der Waals surface area contributed by atoms with Crippen LogP contribution in [0.1, 0.15) is 6.42 Å². The van der Waals surface area contributed by atoms with Crippen molar-refractivity contribution >= 4 is 20.2 Å². The van der Waals surface area contributed by atoms with Gasteiger partial charge in [-0.15, -0.1) is 0 Å². The fourth-order valence-corrected chi connectivity index (χ4v) is 4.45. The lowest BCUT2D eigenvalue weighted by atomic mass is 9.92. The molecule has 0 aliphatic carbocycles. The van der Waals surface area contributed by atoms with E-state index in [-0.39, 0.29) is 19.5 Å². The van der Waals surface area contributed by atoms with Crippen LogP contribution in [-0.2, 0) is 20.2 Å². The summed E-state index contributed by atoms with van der Waals surface area (Å²) < 4.78 is 74.0. The lowest BCUT2D eigenvalue weighted by molar-refractivity contribution is 0.0689. The molecule has 0 aromatic rings. The minimum Gasteiger partial charge on any atom is -0.309 e. The molecule has 11 heteroatoms. The van der Waals surface area contributed by atoms with Crippen LogP contribution in [0.5, 0.6) is 0 Å². The van der Waals surface area contributed by atoms with E-state index in [1.165, 1.54) is 0 Å². The fourth-order valence-electron chi connectivity index (χ4n) is 2.03. The molecule has 1 aliphatic rings. The van der Waals surface area contributed by atoms with Crippen LogP contribution in [0.2, 0.25) is 0 Å². The van der Waals surface area contributed by atoms with E-state index in [0.29, 0.717) is 6.54 Å². The van der Waals surface area contributed by atoms with Crippen molar-refractivity contribution in [2.24, 2.45) is 11.7 Å². The summed E-state index contributed by atoms with van der Waals surface area (Å²) in [5.41, 5.74) is 5.48. The van der Waals surface area contributed by atoms with E-state index in [9.17, 15) is 21.2 Å². The first-order valence-electron chi connectivity index (χ1n) is 5.49. The van der Waals surface area contributed by atoms with E-state index < -0.39 is 43.5 Å². The molecule has 0 bridgehead atoms. The third kappa shape index (κ3) is 4.07. The summed E-state index contributed by atoms with van der Waals surface area (Å²) in [6, 6.07) is 0. The number of nitrogens with zero attached hydrogens (tertiary/aromatic N) is 1. The fraction of sp³-hybridized carbons (Fsp3) is 1.00. The molecule has 0 aromatic heterocycles. The molecule has 1 atom stereocenters. The second-order valence-corrected chi connectivity index (χ2v) is 7.82. The Balaban J connectivity index is 2.80. The Kier molecular flexibility index (Phi) is 4.91. The largest absolute Gasteiger partial charge is 0.309 e. The number of rotatable bonds is 7. The second kappa shape index (κ2) is 5.58. The zero-order chi connectivity index (χ0) is 14.9. The van der Waals surface area contributed by atoms with Gasteiger partial charge in [0.1, 0.15) is 5.75 Å². The van der Waals surface area contributed by atoms with Gasteiger partial charge in [-0.3, -0.25) is 13.5 Å². The van der Waals surface area contributed by atoms with Gasteiger partial charge < -0.3 is 10.6 Å². The zero-order valence-electron chi connectivity index (χ0n) is 10.1. The third-order valence-corrected chi connectivity index (χ3v) is 5.61. The molecular formula is C8H17FN2O6S2. The average molecular weight is 320 g/mol. The summed E-state index contributed by atoms with van der Waals surface area (Å²) in [6.07, 6.45) is 0.272. The summed E-state index contributed by atoms with van der Waals surface area (Å²) in [6.45, 7) is 0.107. The van der Waals surface area contributed by atoms with Gasteiger partial charge in [0, 0.05) is 25.6 Å². The predicted molar refractivity (Wildman–Crippen MR) is 65.4 cm³/mol. The van der Waals surface area contributed by atoms with Crippen molar-refractivity contribution in [3.63, 3.8) is 0 Å². The topological polar surface area (TPSA) is 138 Å². The van der Waals surface area contributed by atoms with Gasteiger partial charge in [-0.25, -0.2) is 0 Å². The maximum atomic E-state index is 12.0. The molecule has 8 nitrogen and oxygen atoms in total. The van der Waals surface area contributed by atoms with Crippen LogP contribution >= 0.6 is 0 Å². The van der Waals surface area contributed by atoms with Crippen LogP contribution in [0.15, 0.2) is 0 Å². The predicted octanol–water partition coefficient (Wildman–Crippen LogP) is -1.29. The minimum absolute atomic E-state index is 0.117. The molecule has 0 amide bonds. The van der Waals surface area contributed by atoms with Gasteiger partial charge in [0.15, 0.2) is 4.87 Å². The van der Waals surface area contributed by atoms with Crippen LogP contribution in [0.3, 0.4) is 0 Å². The first kappa shape index (κ1) is 16.7. The summed E-state index contributed by atoms with van der Waals surface area (Å²) in [5, 5.41) is 0. The second-order valence-electron chi connectivity index (χ2n) is 4.66. The maximum absolute atomic E-state index is 12.0. The number of likely N-dealkylation sites (tertiary alicyclic amines) is 1. The number of alkyl halides is 1. The highest BCUT2D eigenvalue weighted by Crippen LogP contribution is 2.30. The van der Waals surface area contributed by atoms with Crippen LogP contribution in [0.25, 0.3) is 0 Å². The number of nitrogens with two attached hydrogens (primary N) is 1. The van der Waals surface area contributed by atoms with Crippen LogP contribution < -0.4 is 5.73 Å². The number of hydrogen-bond acceptors (Lipinski definition) is 6. The van der Waals surface area contributed by atoms with Gasteiger partial charge in [-0.1, -0.05) is 0 Å². The first-order chi connectivity index (χ1) is 8.49. The Morgan fingerprint density at radius 2 is 1.79 bits per heavy atom. The van der Waals surface area contributed by atoms with Gasteiger partial charge in [0.25, 0.3) is 20.2 Å².